The molecule has 0 atom stereocenters. The van der Waals surface area contributed by atoms with Gasteiger partial charge >= 0.3 is 0 Å². The Kier molecular flexibility index (Phi) is 8.27. The highest BCUT2D eigenvalue weighted by molar-refractivity contribution is 7.92. The van der Waals surface area contributed by atoms with E-state index in [0.717, 1.165) is 4.31 Å². The number of nitrogens with zero attached hydrogens (tertiary/aromatic N) is 1. The van der Waals surface area contributed by atoms with Crippen molar-refractivity contribution >= 4 is 44.8 Å². The fraction of sp³-hybridized carbons (Fsp3) is 0.231. The lowest BCUT2D eigenvalue weighted by molar-refractivity contribution is -0.114. The molecule has 0 unspecified atom stereocenters. The van der Waals surface area contributed by atoms with Crippen LogP contribution in [0.1, 0.15) is 31.1 Å². The van der Waals surface area contributed by atoms with Crippen molar-refractivity contribution in [2.75, 3.05) is 23.3 Å². The van der Waals surface area contributed by atoms with Crippen LogP contribution < -0.4 is 19.7 Å². The quantitative estimate of drug-likeness (QED) is 0.439. The monoisotopic (exact) mass is 529 g/mol. The summed E-state index contributed by atoms with van der Waals surface area (Å²) in [7, 11) is -2.69. The molecule has 0 fully saturated rings. The van der Waals surface area contributed by atoms with Crippen LogP contribution in [0.4, 0.5) is 11.4 Å². The third-order valence-corrected chi connectivity index (χ3v) is 7.06. The highest BCUT2D eigenvalue weighted by atomic mass is 35.5. The average molecular weight is 530 g/mol. The lowest BCUT2D eigenvalue weighted by atomic mass is 10.1. The van der Waals surface area contributed by atoms with Crippen LogP contribution in [0.15, 0.2) is 77.7 Å². The maximum Gasteiger partial charge on any atom is 0.264 e. The number of halogens is 1. The first-order valence-corrected chi connectivity index (χ1v) is 12.9. The van der Waals surface area contributed by atoms with Gasteiger partial charge in [-0.2, -0.15) is 0 Å². The molecule has 0 aliphatic heterocycles. The molecule has 2 N–H and O–H groups in total. The smallest absolute Gasteiger partial charge is 0.264 e. The van der Waals surface area contributed by atoms with Crippen LogP contribution in [0.2, 0.25) is 5.02 Å². The van der Waals surface area contributed by atoms with E-state index >= 15 is 0 Å². The number of amides is 2. The SMILES string of the molecule is COc1ccc(N(CC(=O)Nc2ccccc2C(=O)NC(C)(C)C)S(=O)(=O)c2ccccc2)cc1Cl. The second-order valence-corrected chi connectivity index (χ2v) is 11.2. The van der Waals surface area contributed by atoms with Crippen molar-refractivity contribution in [3.63, 3.8) is 0 Å². The number of sulfonamides is 1. The van der Waals surface area contributed by atoms with Gasteiger partial charge in [-0.3, -0.25) is 13.9 Å². The predicted molar refractivity (Wildman–Crippen MR) is 141 cm³/mol. The van der Waals surface area contributed by atoms with Gasteiger partial charge < -0.3 is 15.4 Å². The van der Waals surface area contributed by atoms with E-state index in [1.54, 1.807) is 42.5 Å². The zero-order valence-electron chi connectivity index (χ0n) is 20.4. The maximum absolute atomic E-state index is 13.5. The molecule has 190 valence electrons. The topological polar surface area (TPSA) is 105 Å². The molecule has 2 amide bonds. The molecule has 0 saturated carbocycles. The number of anilines is 2. The number of para-hydroxylation sites is 1. The number of hydrogen-bond donors (Lipinski definition) is 2. The largest absolute Gasteiger partial charge is 0.495 e. The van der Waals surface area contributed by atoms with Gasteiger partial charge in [0, 0.05) is 5.54 Å². The lowest BCUT2D eigenvalue weighted by Gasteiger charge is -2.25. The van der Waals surface area contributed by atoms with E-state index in [2.05, 4.69) is 10.6 Å². The molecule has 36 heavy (non-hydrogen) atoms. The number of hydrogen-bond acceptors (Lipinski definition) is 5. The molecule has 3 aromatic carbocycles. The third kappa shape index (κ3) is 6.56. The number of nitrogens with one attached hydrogen (secondary N) is 2. The van der Waals surface area contributed by atoms with E-state index in [0.29, 0.717) is 5.75 Å². The Morgan fingerprint density at radius 2 is 1.61 bits per heavy atom. The lowest BCUT2D eigenvalue weighted by Crippen LogP contribution is -2.41. The average Bonchev–Trinajstić information content (AvgIpc) is 2.82. The summed E-state index contributed by atoms with van der Waals surface area (Å²) >= 11 is 6.25. The molecule has 3 aromatic rings. The van der Waals surface area contributed by atoms with Gasteiger partial charge in [0.1, 0.15) is 12.3 Å². The van der Waals surface area contributed by atoms with Crippen molar-refractivity contribution in [1.82, 2.24) is 5.32 Å². The van der Waals surface area contributed by atoms with Gasteiger partial charge in [0.25, 0.3) is 15.9 Å². The standard InChI is InChI=1S/C26H28ClN3O5S/c1-26(2,3)29-25(32)20-12-8-9-13-22(20)28-24(31)17-30(18-14-15-23(35-4)21(27)16-18)36(33,34)19-10-6-5-7-11-19/h5-16H,17H2,1-4H3,(H,28,31)(H,29,32). The van der Waals surface area contributed by atoms with E-state index in [9.17, 15) is 18.0 Å². The molecule has 0 heterocycles. The minimum absolute atomic E-state index is 0.00898. The summed E-state index contributed by atoms with van der Waals surface area (Å²) in [5, 5.41) is 5.72. The van der Waals surface area contributed by atoms with Crippen LogP contribution in [-0.4, -0.2) is 39.4 Å². The van der Waals surface area contributed by atoms with Crippen LogP contribution in [0.5, 0.6) is 5.75 Å². The number of benzene rings is 3. The number of ether oxygens (including phenoxy) is 1. The summed E-state index contributed by atoms with van der Waals surface area (Å²) in [6, 6.07) is 18.7. The van der Waals surface area contributed by atoms with Gasteiger partial charge in [0.2, 0.25) is 5.91 Å². The Labute approximate surface area is 216 Å². The minimum Gasteiger partial charge on any atom is -0.495 e. The maximum atomic E-state index is 13.5. The van der Waals surface area contributed by atoms with Gasteiger partial charge in [-0.05, 0) is 63.2 Å². The molecule has 0 radical (unpaired) electrons. The first-order valence-electron chi connectivity index (χ1n) is 11.0. The molecule has 8 nitrogen and oxygen atoms in total. The Balaban J connectivity index is 1.95. The minimum atomic E-state index is -4.13. The third-order valence-electron chi connectivity index (χ3n) is 4.98. The number of methoxy groups -OCH3 is 1. The summed E-state index contributed by atoms with van der Waals surface area (Å²) in [5.41, 5.74) is 0.209. The molecule has 3 rings (SSSR count). The van der Waals surface area contributed by atoms with E-state index in [-0.39, 0.29) is 32.8 Å². The fourth-order valence-corrected chi connectivity index (χ4v) is 5.05. The van der Waals surface area contributed by atoms with Crippen LogP contribution in [-0.2, 0) is 14.8 Å². The summed E-state index contributed by atoms with van der Waals surface area (Å²) in [6.45, 7) is 4.98. The molecular weight excluding hydrogens is 502 g/mol. The highest BCUT2D eigenvalue weighted by Gasteiger charge is 2.28. The second kappa shape index (κ2) is 11.0. The van der Waals surface area contributed by atoms with Gasteiger partial charge in [0.05, 0.1) is 34.0 Å². The Morgan fingerprint density at radius 1 is 0.972 bits per heavy atom. The van der Waals surface area contributed by atoms with Crippen molar-refractivity contribution in [3.05, 3.63) is 83.4 Å². The number of carbonyl (C=O) groups is 2. The highest BCUT2D eigenvalue weighted by Crippen LogP contribution is 2.32. The normalized spacial score (nSPS) is 11.5. The zero-order valence-corrected chi connectivity index (χ0v) is 22.0. The predicted octanol–water partition coefficient (Wildman–Crippen LogP) is 4.71. The summed E-state index contributed by atoms with van der Waals surface area (Å²) < 4.78 is 33.2. The molecular formula is C26H28ClN3O5S. The number of carbonyl (C=O) groups excluding carboxylic acids is 2. The van der Waals surface area contributed by atoms with Crippen molar-refractivity contribution < 1.29 is 22.7 Å². The van der Waals surface area contributed by atoms with E-state index in [1.807, 2.05) is 20.8 Å². The summed E-state index contributed by atoms with van der Waals surface area (Å²) in [4.78, 5) is 25.9. The second-order valence-electron chi connectivity index (χ2n) is 8.94. The van der Waals surface area contributed by atoms with Crippen molar-refractivity contribution in [1.29, 1.82) is 0 Å². The Hall–Kier alpha value is -3.56. The van der Waals surface area contributed by atoms with Crippen molar-refractivity contribution in [3.8, 4) is 5.75 Å². The number of rotatable bonds is 8. The summed E-state index contributed by atoms with van der Waals surface area (Å²) in [6.07, 6.45) is 0. The Morgan fingerprint density at radius 3 is 2.22 bits per heavy atom. The molecule has 0 aliphatic carbocycles. The first-order chi connectivity index (χ1) is 16.9. The fourth-order valence-electron chi connectivity index (χ4n) is 3.36. The van der Waals surface area contributed by atoms with E-state index < -0.39 is 28.0 Å². The molecule has 0 bridgehead atoms. The molecule has 0 spiro atoms. The van der Waals surface area contributed by atoms with Gasteiger partial charge in [-0.15, -0.1) is 0 Å². The van der Waals surface area contributed by atoms with Crippen LogP contribution in [0, 0.1) is 0 Å². The van der Waals surface area contributed by atoms with Crippen LogP contribution >= 0.6 is 11.6 Å². The van der Waals surface area contributed by atoms with Crippen molar-refractivity contribution in [2.24, 2.45) is 0 Å². The van der Waals surface area contributed by atoms with Gasteiger partial charge in [-0.25, -0.2) is 8.42 Å². The van der Waals surface area contributed by atoms with E-state index in [4.69, 9.17) is 16.3 Å². The summed E-state index contributed by atoms with van der Waals surface area (Å²) in [5.74, 6) is -0.646. The zero-order chi connectivity index (χ0) is 26.5. The van der Waals surface area contributed by atoms with Gasteiger partial charge in [0.15, 0.2) is 0 Å². The van der Waals surface area contributed by atoms with E-state index in [1.165, 1.54) is 37.4 Å². The van der Waals surface area contributed by atoms with Crippen LogP contribution in [0.3, 0.4) is 0 Å². The molecule has 10 heteroatoms. The van der Waals surface area contributed by atoms with Gasteiger partial charge in [-0.1, -0.05) is 41.9 Å². The first kappa shape index (κ1) is 27.0. The molecule has 0 aromatic heterocycles. The Bertz CT molecular complexity index is 1360. The van der Waals surface area contributed by atoms with Crippen LogP contribution in [0.25, 0.3) is 0 Å². The molecule has 0 aliphatic rings. The van der Waals surface area contributed by atoms with Crippen molar-refractivity contribution in [2.45, 2.75) is 31.2 Å². The molecule has 0 saturated heterocycles.